The van der Waals surface area contributed by atoms with Crippen LogP contribution in [0.1, 0.15) is 119 Å². The lowest BCUT2D eigenvalue weighted by molar-refractivity contribution is -0.209. The third kappa shape index (κ3) is 31.1. The van der Waals surface area contributed by atoms with Gasteiger partial charge in [-0.25, -0.2) is 23.1 Å². The van der Waals surface area contributed by atoms with Gasteiger partial charge < -0.3 is 53.9 Å². The average Bonchev–Trinajstić information content (AvgIpc) is 3.20. The summed E-state index contributed by atoms with van der Waals surface area (Å²) in [5.41, 5.74) is 0. The molecule has 0 spiro atoms. The number of rotatable bonds is 28. The fourth-order valence-electron chi connectivity index (χ4n) is 5.73. The summed E-state index contributed by atoms with van der Waals surface area (Å²) in [6, 6.07) is 0. The molecule has 1 saturated carbocycles. The van der Waals surface area contributed by atoms with Crippen LogP contribution >= 0.6 is 44.8 Å². The Labute approximate surface area is 407 Å². The van der Waals surface area contributed by atoms with E-state index in [1.54, 1.807) is 6.92 Å². The fraction of sp³-hybridized carbons (Fsp3) is 0.641. The molecule has 66 heavy (non-hydrogen) atoms. The number of hydrogen-bond acceptors (Lipinski definition) is 15. The number of esters is 2. The predicted molar refractivity (Wildman–Crippen MR) is 261 cm³/mol. The van der Waals surface area contributed by atoms with E-state index < -0.39 is 99.2 Å². The van der Waals surface area contributed by atoms with Crippen molar-refractivity contribution in [3.63, 3.8) is 0 Å². The molecule has 392 valence electrons. The van der Waals surface area contributed by atoms with E-state index in [1.165, 1.54) is 38.5 Å². The summed E-state index contributed by atoms with van der Waals surface area (Å²) in [6.07, 6.45) is -4.98. The van der Waals surface area contributed by atoms with E-state index in [9.17, 15) is 72.3 Å². The number of carbonyl (C=O) groups excluding carboxylic acids is 2. The first kappa shape index (κ1) is 63.0. The summed E-state index contributed by atoms with van der Waals surface area (Å²) in [5, 5.41) is 21.7. The summed E-state index contributed by atoms with van der Waals surface area (Å²) in [6.45, 7) is 1.80. The Morgan fingerprint density at radius 2 is 0.939 bits per heavy atom. The molecule has 0 bridgehead atoms. The maximum absolute atomic E-state index is 13.2. The second-order valence-corrected chi connectivity index (χ2v) is 18.8. The minimum absolute atomic E-state index is 0. The third-order valence-electron chi connectivity index (χ3n) is 8.48. The van der Waals surface area contributed by atoms with Gasteiger partial charge >= 0.3 is 43.2 Å². The minimum atomic E-state index is -5.82. The molecule has 9 N–H and O–H groups in total. The lowest BCUT2D eigenvalue weighted by Crippen LogP contribution is -2.65. The molecule has 0 saturated heterocycles. The van der Waals surface area contributed by atoms with Gasteiger partial charge in [0, 0.05) is 28.0 Å². The maximum Gasteiger partial charge on any atom is 0.472 e. The monoisotopic (exact) mass is 1050 g/mol. The zero-order chi connectivity index (χ0) is 48.9. The number of unbranched alkanes of at least 4 members (excludes halogenated alkanes) is 12. The van der Waals surface area contributed by atoms with Crippen LogP contribution in [0.15, 0.2) is 0 Å². The maximum atomic E-state index is 13.2. The van der Waals surface area contributed by atoms with Crippen LogP contribution in [0, 0.1) is 71.0 Å². The highest BCUT2D eigenvalue weighted by molar-refractivity contribution is 7.59. The van der Waals surface area contributed by atoms with Gasteiger partial charge in [0.1, 0.15) is 43.2 Å². The van der Waals surface area contributed by atoms with Gasteiger partial charge in [0.15, 0.2) is 6.10 Å². The van der Waals surface area contributed by atoms with Crippen molar-refractivity contribution in [2.45, 2.75) is 146 Å². The van der Waals surface area contributed by atoms with E-state index in [1.807, 2.05) is 5.92 Å². The Bertz CT molecular complexity index is 2130. The highest BCUT2D eigenvalue weighted by atomic mass is 32.1. The number of phosphoric acid groups is 4. The molecule has 0 aliphatic heterocycles. The summed E-state index contributed by atoms with van der Waals surface area (Å²) < 4.78 is 81.1. The number of aliphatic hydroxyl groups excluding tert-OH is 2. The Morgan fingerprint density at radius 1 is 0.545 bits per heavy atom. The van der Waals surface area contributed by atoms with Crippen LogP contribution in [0.5, 0.6) is 0 Å². The van der Waals surface area contributed by atoms with E-state index in [0.29, 0.717) is 12.8 Å². The van der Waals surface area contributed by atoms with Crippen LogP contribution in [0.4, 0.5) is 0 Å². The minimum Gasteiger partial charge on any atom is -0.456 e. The van der Waals surface area contributed by atoms with Gasteiger partial charge in [0.25, 0.3) is 0 Å². The Balaban J connectivity index is -0.000000352. The van der Waals surface area contributed by atoms with Crippen LogP contribution in [-0.4, -0.2) is 112 Å². The molecule has 0 radical (unpaired) electrons. The van der Waals surface area contributed by atoms with Crippen LogP contribution < -0.4 is 0 Å². The van der Waals surface area contributed by atoms with Crippen molar-refractivity contribution < 1.29 is 120 Å². The van der Waals surface area contributed by atoms with Gasteiger partial charge in [-0.3, -0.25) is 27.4 Å². The van der Waals surface area contributed by atoms with Crippen LogP contribution in [0.25, 0.3) is 0 Å². The van der Waals surface area contributed by atoms with E-state index in [4.69, 9.17) is 18.5 Å². The summed E-state index contributed by atoms with van der Waals surface area (Å²) in [4.78, 5) is 91.9. The second-order valence-electron chi connectivity index (χ2n) is 13.8. The Hall–Kier alpha value is -2.99. The van der Waals surface area contributed by atoms with Crippen molar-refractivity contribution in [3.8, 4) is 71.0 Å². The lowest BCUT2D eigenvalue weighted by atomic mass is 9.85. The summed E-state index contributed by atoms with van der Waals surface area (Å²) in [5.74, 6) is 26.0. The van der Waals surface area contributed by atoms with Crippen molar-refractivity contribution >= 4 is 56.7 Å². The number of carbonyl (C=O) groups is 2. The molecule has 0 heterocycles. The molecule has 1 rings (SSSR count). The summed E-state index contributed by atoms with van der Waals surface area (Å²) >= 11 is 0. The third-order valence-corrected chi connectivity index (χ3v) is 11.0. The highest BCUT2D eigenvalue weighted by Gasteiger charge is 2.59. The molecule has 0 aromatic carbocycles. The fourth-order valence-corrected chi connectivity index (χ4v) is 8.38. The first-order chi connectivity index (χ1) is 30.5. The molecule has 1 fully saturated rings. The van der Waals surface area contributed by atoms with Crippen molar-refractivity contribution in [1.82, 2.24) is 0 Å². The molecule has 4 unspecified atom stereocenters. The largest absolute Gasteiger partial charge is 0.472 e. The predicted octanol–water partition coefficient (Wildman–Crippen LogP) is 5.45. The molecule has 1 aliphatic rings. The second kappa shape index (κ2) is 33.5. The van der Waals surface area contributed by atoms with E-state index >= 15 is 0 Å². The molecule has 0 aromatic heterocycles. The summed E-state index contributed by atoms with van der Waals surface area (Å²) in [7, 11) is -23.2. The standard InChI is InChI=1S/C39H54O22P4.H2S.11H2/c1-3-5-7-9-11-13-15-16-18-20-22-24-26-28-33(41)57-31(29-55-32(40)27-25-23-21-19-17-14-12-10-8-6-4-2)30-56-65(53,54)61-36-34(42)37(58-62(44,45)46)39(60-64(50,51)52)38(35(36)43)59-63(47,48)49;;;;;;;;;;;;/h31,34-39,42-43H,3,5,7,9,11,13,15-16,18,20,22,24,26,28-30H2,1-2H3,(H,53,54)(H2,44,45,46)(H2,47,48,49)(H2,50,51,52);1H2;11*1H/t31-,34+,35?,36?,37+,38-,39?;;;;;;;;;;;;/m1............/s1. The first-order valence-corrected chi connectivity index (χ1v) is 26.1. The number of ether oxygens (including phenoxy) is 2. The van der Waals surface area contributed by atoms with Gasteiger partial charge in [-0.15, -0.1) is 0 Å². The zero-order valence-electron chi connectivity index (χ0n) is 36.0. The van der Waals surface area contributed by atoms with Gasteiger partial charge in [-0.05, 0) is 72.5 Å². The zero-order valence-corrected chi connectivity index (χ0v) is 40.6. The Kier molecular flexibility index (Phi) is 32.0. The van der Waals surface area contributed by atoms with Gasteiger partial charge in [0.2, 0.25) is 0 Å². The Morgan fingerprint density at radius 3 is 1.36 bits per heavy atom. The van der Waals surface area contributed by atoms with Crippen LogP contribution in [0.2, 0.25) is 0 Å². The number of phosphoric ester groups is 4. The first-order valence-electron chi connectivity index (χ1n) is 20.0. The molecule has 1 aliphatic carbocycles. The number of aliphatic hydroxyl groups is 2. The molecule has 0 aromatic rings. The highest BCUT2D eigenvalue weighted by Crippen LogP contribution is 2.53. The van der Waals surface area contributed by atoms with Crippen LogP contribution in [0.3, 0.4) is 0 Å². The quantitative estimate of drug-likeness (QED) is 0.0154. The van der Waals surface area contributed by atoms with Crippen LogP contribution in [-0.2, 0) is 59.9 Å². The van der Waals surface area contributed by atoms with Crippen molar-refractivity contribution in [1.29, 1.82) is 0 Å². The lowest BCUT2D eigenvalue weighted by Gasteiger charge is -2.45. The molecule has 8 atom stereocenters. The molecular formula is C39H78O22P4S. The van der Waals surface area contributed by atoms with E-state index in [2.05, 4.69) is 85.6 Å². The SMILES string of the molecule is CC#CC#CC#CC#CC#CC#CC(=O)OC[C@H](COP(=O)(O)OC1C(O)[C@@H](OP(=O)(O)O)C(OP(=O)(O)O)[C@@H](OP(=O)(O)O)[C@H]1O)OC(=O)CCCCCCCCCCCCCCC.S.[HH].[HH].[HH].[HH].[HH].[HH].[HH].[HH].[HH].[HH].[HH]. The molecule has 0 amide bonds. The average molecular weight is 1050 g/mol. The van der Waals surface area contributed by atoms with Crippen molar-refractivity contribution in [3.05, 3.63) is 0 Å². The van der Waals surface area contributed by atoms with Gasteiger partial charge in [-0.2, -0.15) is 13.5 Å². The molecule has 22 nitrogen and oxygen atoms in total. The smallest absolute Gasteiger partial charge is 0.456 e. The number of hydrogen-bond donors (Lipinski definition) is 9. The van der Waals surface area contributed by atoms with Crippen molar-refractivity contribution in [2.24, 2.45) is 0 Å². The normalized spacial score (nSPS) is 20.3. The van der Waals surface area contributed by atoms with Gasteiger partial charge in [0.05, 0.1) is 6.61 Å². The molecule has 27 heteroatoms. The van der Waals surface area contributed by atoms with Crippen molar-refractivity contribution in [2.75, 3.05) is 13.2 Å². The van der Waals surface area contributed by atoms with E-state index in [-0.39, 0.29) is 35.6 Å². The molecular weight excluding hydrogens is 976 g/mol. The van der Waals surface area contributed by atoms with Gasteiger partial charge in [-0.1, -0.05) is 89.9 Å². The van der Waals surface area contributed by atoms with E-state index in [0.717, 1.165) is 32.1 Å². The topological polar surface area (TPSA) is 349 Å².